The van der Waals surface area contributed by atoms with Crippen LogP contribution in [0.2, 0.25) is 5.02 Å². The van der Waals surface area contributed by atoms with E-state index < -0.39 is 75.5 Å². The lowest BCUT2D eigenvalue weighted by Crippen LogP contribution is -2.58. The summed E-state index contributed by atoms with van der Waals surface area (Å²) < 4.78 is 34.5. The number of rotatable bonds is 16. The number of carbonyl (C=O) groups is 4. The molecule has 378 valence electrons. The van der Waals surface area contributed by atoms with E-state index in [1.807, 2.05) is 68.7 Å². The molecule has 1 unspecified atom stereocenters. The molecule has 72 heavy (non-hydrogen) atoms. The van der Waals surface area contributed by atoms with Crippen LogP contribution in [0.3, 0.4) is 0 Å². The fourth-order valence-electron chi connectivity index (χ4n) is 8.70. The number of β-amino-alcohol motifs (C(OH)–C–C–N with tert-alkyl or cyclic N) is 1. The molecule has 17 nitrogen and oxygen atoms in total. The Balaban J connectivity index is 0.838. The summed E-state index contributed by atoms with van der Waals surface area (Å²) in [5.74, 6) is -1.03. The van der Waals surface area contributed by atoms with Crippen molar-refractivity contribution in [3.05, 3.63) is 128 Å². The van der Waals surface area contributed by atoms with Gasteiger partial charge in [0.1, 0.15) is 34.7 Å². The van der Waals surface area contributed by atoms with Gasteiger partial charge in [-0.2, -0.15) is 0 Å². The highest BCUT2D eigenvalue weighted by atomic mass is 35.5. The molecule has 6 aromatic rings. The molecule has 0 bridgehead atoms. The van der Waals surface area contributed by atoms with Crippen molar-refractivity contribution in [1.29, 1.82) is 0 Å². The second-order valence-electron chi connectivity index (χ2n) is 19.0. The Morgan fingerprint density at radius 3 is 2.28 bits per heavy atom. The topological polar surface area (TPSA) is 227 Å². The van der Waals surface area contributed by atoms with Gasteiger partial charge in [-0.1, -0.05) is 68.8 Å². The third kappa shape index (κ3) is 11.5. The second kappa shape index (κ2) is 21.4. The normalized spacial score (nSPS) is 17.0. The van der Waals surface area contributed by atoms with Crippen LogP contribution in [0.4, 0.5) is 0 Å². The number of hydrogen-bond donors (Lipinski definition) is 4. The van der Waals surface area contributed by atoms with Gasteiger partial charge in [0.25, 0.3) is 5.91 Å². The number of thiophene rings is 1. The summed E-state index contributed by atoms with van der Waals surface area (Å²) in [7, 11) is -3.87. The Morgan fingerprint density at radius 2 is 1.61 bits per heavy atom. The number of aromatic nitrogens is 4. The molecule has 2 aliphatic heterocycles. The number of fused-ring (bicyclic) bond motifs is 3. The summed E-state index contributed by atoms with van der Waals surface area (Å²) >= 11 is 9.38. The molecule has 21 heteroatoms. The van der Waals surface area contributed by atoms with Crippen molar-refractivity contribution >= 4 is 73.5 Å². The average Bonchev–Trinajstić information content (AvgIpc) is 4.11. The SMILES string of the molecule is Cc1ncsc1-c1ccc(CNC(=O)[C@@H]2C[C@@H](O)CN2C(=O)[C@@H](NC(=O)COc2ccc(S(=O)(=O)CCNC(=O)CC3N=C(c4ccc(Cl)cc4)c4c(sc(C)c4C)-n4c(C)nnc43)cc2)C(C)(C)C)cc1. The van der Waals surface area contributed by atoms with E-state index in [0.717, 1.165) is 48.3 Å². The molecule has 4 N–H and O–H groups in total. The highest BCUT2D eigenvalue weighted by molar-refractivity contribution is 7.91. The van der Waals surface area contributed by atoms with Crippen molar-refractivity contribution < 1.29 is 37.4 Å². The largest absolute Gasteiger partial charge is 0.484 e. The number of ether oxygens (including phenoxy) is 1. The maximum atomic E-state index is 14.1. The minimum Gasteiger partial charge on any atom is -0.484 e. The molecule has 4 amide bonds. The zero-order valence-electron chi connectivity index (χ0n) is 40.9. The van der Waals surface area contributed by atoms with Crippen molar-refractivity contribution in [1.82, 2.24) is 40.6 Å². The van der Waals surface area contributed by atoms with E-state index in [9.17, 15) is 32.7 Å². The smallest absolute Gasteiger partial charge is 0.258 e. The molecule has 3 aromatic heterocycles. The number of thiazole rings is 1. The van der Waals surface area contributed by atoms with Gasteiger partial charge in [-0.15, -0.1) is 32.9 Å². The van der Waals surface area contributed by atoms with Crippen LogP contribution in [-0.2, 0) is 35.6 Å². The van der Waals surface area contributed by atoms with E-state index in [0.29, 0.717) is 22.4 Å². The summed E-state index contributed by atoms with van der Waals surface area (Å²) in [5.41, 5.74) is 7.32. The Kier molecular flexibility index (Phi) is 15.5. The fraction of sp³-hybridized carbons (Fsp3) is 0.373. The molecule has 0 spiro atoms. The maximum absolute atomic E-state index is 14.1. The van der Waals surface area contributed by atoms with Crippen molar-refractivity contribution in [3.8, 4) is 21.2 Å². The van der Waals surface area contributed by atoms with Gasteiger partial charge in [-0.25, -0.2) is 13.4 Å². The number of halogens is 1. The van der Waals surface area contributed by atoms with Gasteiger partial charge in [0, 0.05) is 47.1 Å². The number of aliphatic imine (C=N–C) groups is 1. The van der Waals surface area contributed by atoms with Crippen molar-refractivity contribution in [3.63, 3.8) is 0 Å². The standard InChI is InChI=1S/C51H56ClN9O8S3/c1-28-30(3)71-50-43(28)44(33-12-14-35(52)15-13-33)56-39(47-59-58-31(4)61(47)50)23-41(63)53-20-21-72(67,68)38-18-16-37(17-19-38)69-26-42(64)57-46(51(5,6)7)49(66)60-25-36(62)22-40(60)48(65)54-24-32-8-10-34(11-9-32)45-29(2)55-27-70-45/h8-19,27,36,39-40,46,62H,20-26H2,1-7H3,(H,53,63)(H,54,65)(H,57,64)/t36-,39?,40+,46-/m1/s1. The van der Waals surface area contributed by atoms with Gasteiger partial charge in [0.15, 0.2) is 22.3 Å². The molecular formula is C51H56ClN9O8S3. The second-order valence-corrected chi connectivity index (χ2v) is 23.6. The number of benzene rings is 3. The molecule has 2 aliphatic rings. The Hall–Kier alpha value is -6.32. The van der Waals surface area contributed by atoms with Gasteiger partial charge >= 0.3 is 0 Å². The van der Waals surface area contributed by atoms with E-state index in [1.54, 1.807) is 61.1 Å². The number of aryl methyl sites for hydroxylation is 3. The minimum absolute atomic E-state index is 0.0143. The zero-order valence-corrected chi connectivity index (χ0v) is 44.1. The fourth-order valence-corrected chi connectivity index (χ4v) is 12.0. The van der Waals surface area contributed by atoms with E-state index in [2.05, 4.69) is 31.1 Å². The molecule has 4 atom stereocenters. The summed E-state index contributed by atoms with van der Waals surface area (Å²) in [4.78, 5) is 67.3. The third-order valence-electron chi connectivity index (χ3n) is 12.7. The quantitative estimate of drug-likeness (QED) is 0.0830. The molecule has 0 saturated carbocycles. The lowest BCUT2D eigenvalue weighted by molar-refractivity contribution is -0.144. The van der Waals surface area contributed by atoms with Crippen LogP contribution in [0.5, 0.6) is 5.75 Å². The van der Waals surface area contributed by atoms with E-state index in [4.69, 9.17) is 21.3 Å². The number of nitrogens with zero attached hydrogens (tertiary/aromatic N) is 6. The lowest BCUT2D eigenvalue weighted by atomic mass is 9.85. The summed E-state index contributed by atoms with van der Waals surface area (Å²) in [5, 5.41) is 29.3. The molecule has 1 saturated heterocycles. The summed E-state index contributed by atoms with van der Waals surface area (Å²) in [6.07, 6.45) is -1.00. The number of likely N-dealkylation sites (tertiary alicyclic amines) is 1. The average molecular weight is 1050 g/mol. The van der Waals surface area contributed by atoms with Crippen molar-refractivity contribution in [2.45, 2.75) is 97.0 Å². The predicted molar refractivity (Wildman–Crippen MR) is 277 cm³/mol. The van der Waals surface area contributed by atoms with Gasteiger partial charge in [-0.05, 0) is 86.2 Å². The van der Waals surface area contributed by atoms with Crippen molar-refractivity contribution in [2.24, 2.45) is 10.4 Å². The number of nitrogens with one attached hydrogen (secondary N) is 3. The number of aliphatic hydroxyl groups excluding tert-OH is 1. The molecule has 1 fully saturated rings. The first kappa shape index (κ1) is 52.0. The van der Waals surface area contributed by atoms with E-state index in [-0.39, 0.29) is 43.1 Å². The Bertz CT molecular complexity index is 3140. The van der Waals surface area contributed by atoms with Crippen molar-refractivity contribution in [2.75, 3.05) is 25.4 Å². The van der Waals surface area contributed by atoms with Gasteiger partial charge < -0.3 is 30.7 Å². The Morgan fingerprint density at radius 1 is 0.917 bits per heavy atom. The van der Waals surface area contributed by atoms with Crippen LogP contribution >= 0.6 is 34.3 Å². The maximum Gasteiger partial charge on any atom is 0.258 e. The van der Waals surface area contributed by atoms with Crippen LogP contribution in [0.1, 0.15) is 84.1 Å². The minimum atomic E-state index is -3.87. The Labute approximate surface area is 431 Å². The molecule has 8 rings (SSSR count). The first-order valence-electron chi connectivity index (χ1n) is 23.3. The number of aliphatic hydroxyl groups is 1. The molecule has 5 heterocycles. The number of carbonyl (C=O) groups excluding carboxylic acids is 4. The number of amides is 4. The monoisotopic (exact) mass is 1050 g/mol. The highest BCUT2D eigenvalue weighted by Crippen LogP contribution is 2.40. The first-order chi connectivity index (χ1) is 34.2. The van der Waals surface area contributed by atoms with E-state index in [1.165, 1.54) is 29.2 Å². The zero-order chi connectivity index (χ0) is 51.6. The molecule has 0 aliphatic carbocycles. The van der Waals surface area contributed by atoms with Crippen LogP contribution in [0.25, 0.3) is 15.4 Å². The number of hydrogen-bond acceptors (Lipinski definition) is 14. The van der Waals surface area contributed by atoms with Gasteiger partial charge in [0.05, 0.1) is 45.0 Å². The lowest BCUT2D eigenvalue weighted by Gasteiger charge is -2.35. The van der Waals surface area contributed by atoms with Crippen LogP contribution in [0.15, 0.2) is 88.2 Å². The molecule has 3 aromatic carbocycles. The highest BCUT2D eigenvalue weighted by Gasteiger charge is 2.44. The summed E-state index contributed by atoms with van der Waals surface area (Å²) in [6, 6.07) is 17.9. The predicted octanol–water partition coefficient (Wildman–Crippen LogP) is 6.40. The number of sulfone groups is 1. The third-order valence-corrected chi connectivity index (χ3v) is 16.8. The van der Waals surface area contributed by atoms with E-state index >= 15 is 0 Å². The first-order valence-corrected chi connectivity index (χ1v) is 27.0. The van der Waals surface area contributed by atoms with Crippen LogP contribution in [0, 0.1) is 33.1 Å². The molecular weight excluding hydrogens is 998 g/mol. The van der Waals surface area contributed by atoms with Gasteiger partial charge in [0.2, 0.25) is 17.7 Å². The van der Waals surface area contributed by atoms with Crippen LogP contribution < -0.4 is 20.7 Å². The van der Waals surface area contributed by atoms with Crippen LogP contribution in [-0.4, -0.2) is 111 Å². The molecule has 0 radical (unpaired) electrons. The summed E-state index contributed by atoms with van der Waals surface area (Å²) in [6.45, 7) is 12.7. The van der Waals surface area contributed by atoms with Gasteiger partial charge in [-0.3, -0.25) is 28.7 Å².